The van der Waals surface area contributed by atoms with Gasteiger partial charge in [0.2, 0.25) is 11.8 Å². The van der Waals surface area contributed by atoms with Gasteiger partial charge in [-0.15, -0.1) is 0 Å². The number of Topliss-reactive ketones (excluding diaryl/α,β-unsaturated/α-hetero) is 1. The van der Waals surface area contributed by atoms with E-state index in [1.165, 1.54) is 24.0 Å². The van der Waals surface area contributed by atoms with E-state index >= 15 is 0 Å². The van der Waals surface area contributed by atoms with Crippen molar-refractivity contribution >= 4 is 17.6 Å². The van der Waals surface area contributed by atoms with Gasteiger partial charge in [0.05, 0.1) is 11.7 Å². The van der Waals surface area contributed by atoms with E-state index in [0.29, 0.717) is 73.8 Å². The maximum Gasteiger partial charge on any atom is 0.220 e. The van der Waals surface area contributed by atoms with Crippen LogP contribution in [0.2, 0.25) is 0 Å². The van der Waals surface area contributed by atoms with Crippen molar-refractivity contribution in [2.45, 2.75) is 135 Å². The Bertz CT molecular complexity index is 1520. The fraction of sp³-hybridized carbons (Fsp3) is 0.705. The van der Waals surface area contributed by atoms with Gasteiger partial charge in [0.15, 0.2) is 0 Å². The molecule has 7 rings (SSSR count). The first-order valence-corrected chi connectivity index (χ1v) is 20.5. The van der Waals surface area contributed by atoms with Crippen LogP contribution in [-0.4, -0.2) is 66.4 Å². The molecule has 1 aromatic carbocycles. The molecule has 0 radical (unpaired) electrons. The molecule has 7 nitrogen and oxygen atoms in total. The SMILES string of the molecule is CC1=C2C[C@@H]3[C@@H](CC=C4CC(=O)CC[C@@]43C)[C@H]2CC[C@@]12O[C@@H]1C[C@@H](C)CN(CCNC(=O)CCCCCNC(=O)CCc3ccccc3)[C@@H]1[C@H]2C. The molecule has 1 spiro atoms. The maximum atomic E-state index is 12.8. The summed E-state index contributed by atoms with van der Waals surface area (Å²) in [5.74, 6) is 3.68. The van der Waals surface area contributed by atoms with Crippen molar-refractivity contribution in [3.05, 3.63) is 58.7 Å². The normalized spacial score (nSPS) is 35.9. The minimum absolute atomic E-state index is 0.0962. The average Bonchev–Trinajstić information content (AvgIpc) is 3.64. The third kappa shape index (κ3) is 7.28. The molecule has 278 valence electrons. The highest BCUT2D eigenvalue weighted by Crippen LogP contribution is 2.65. The number of fused-ring (bicyclic) bond motifs is 6. The fourth-order valence-electron chi connectivity index (χ4n) is 11.8. The van der Waals surface area contributed by atoms with Gasteiger partial charge in [-0.3, -0.25) is 19.3 Å². The molecule has 2 heterocycles. The number of benzene rings is 1. The van der Waals surface area contributed by atoms with E-state index in [1.54, 1.807) is 11.1 Å². The number of hydrogen-bond acceptors (Lipinski definition) is 5. The van der Waals surface area contributed by atoms with Gasteiger partial charge >= 0.3 is 0 Å². The molecule has 0 aromatic heterocycles. The summed E-state index contributed by atoms with van der Waals surface area (Å²) in [6.07, 6.45) is 15.4. The molecule has 9 atom stereocenters. The second-order valence-corrected chi connectivity index (χ2v) is 17.5. The molecular formula is C44H63N3O4. The first-order valence-electron chi connectivity index (χ1n) is 20.5. The number of carbonyl (C=O) groups is 3. The predicted molar refractivity (Wildman–Crippen MR) is 202 cm³/mol. The minimum atomic E-state index is -0.179. The minimum Gasteiger partial charge on any atom is -0.365 e. The van der Waals surface area contributed by atoms with Crippen LogP contribution >= 0.6 is 0 Å². The molecule has 2 amide bonds. The zero-order valence-electron chi connectivity index (χ0n) is 31.8. The number of allylic oxidation sites excluding steroid dienone is 3. The Morgan fingerprint density at radius 1 is 1.00 bits per heavy atom. The number of ether oxygens (including phenoxy) is 1. The topological polar surface area (TPSA) is 87.7 Å². The molecule has 7 heteroatoms. The van der Waals surface area contributed by atoms with Crippen LogP contribution in [0.3, 0.4) is 0 Å². The largest absolute Gasteiger partial charge is 0.365 e. The Hall–Kier alpha value is -2.77. The van der Waals surface area contributed by atoms with Crippen LogP contribution in [0.25, 0.3) is 0 Å². The van der Waals surface area contributed by atoms with E-state index in [0.717, 1.165) is 70.9 Å². The van der Waals surface area contributed by atoms with Crippen LogP contribution in [0.5, 0.6) is 0 Å². The molecule has 2 saturated carbocycles. The lowest BCUT2D eigenvalue weighted by atomic mass is 9.57. The number of carbonyl (C=O) groups excluding carboxylic acids is 3. The van der Waals surface area contributed by atoms with E-state index < -0.39 is 0 Å². The standard InChI is InChI=1S/C44H63N3O4/c1-29-25-39-42(47(28-29)24-23-46-40(49)13-9-6-10-22-45-41(50)17-14-32-11-7-5-8-12-32)31(3)44(51-39)21-19-35-36-16-15-33-26-34(48)18-20-43(33,4)38(36)27-37(35)30(44)2/h5,7-8,11-12,15,29,31,35-36,38-39,42H,6,9-10,13-14,16-28H2,1-4H3,(H,45,50)(H,46,49)/t29-,31-,35-,36+,38-,39-,42-,43+,44-/m1/s1. The number of nitrogens with one attached hydrogen (secondary N) is 2. The molecule has 51 heavy (non-hydrogen) atoms. The molecular weight excluding hydrogens is 635 g/mol. The Kier molecular flexibility index (Phi) is 11.0. The lowest BCUT2D eigenvalue weighted by Gasteiger charge is -2.47. The number of piperidine rings is 1. The number of nitrogens with zero attached hydrogens (tertiary/aromatic N) is 1. The van der Waals surface area contributed by atoms with E-state index in [9.17, 15) is 14.4 Å². The van der Waals surface area contributed by atoms with E-state index in [-0.39, 0.29) is 28.9 Å². The van der Waals surface area contributed by atoms with E-state index in [1.807, 2.05) is 18.2 Å². The summed E-state index contributed by atoms with van der Waals surface area (Å²) in [5.41, 5.74) is 5.87. The van der Waals surface area contributed by atoms with Crippen LogP contribution in [0.15, 0.2) is 53.1 Å². The molecule has 4 aliphatic carbocycles. The summed E-state index contributed by atoms with van der Waals surface area (Å²) in [5, 5.41) is 6.25. The second-order valence-electron chi connectivity index (χ2n) is 17.5. The van der Waals surface area contributed by atoms with Crippen molar-refractivity contribution < 1.29 is 19.1 Å². The third-order valence-corrected chi connectivity index (χ3v) is 14.6. The summed E-state index contributed by atoms with van der Waals surface area (Å²) in [7, 11) is 0. The van der Waals surface area contributed by atoms with Crippen LogP contribution in [0, 0.1) is 35.0 Å². The van der Waals surface area contributed by atoms with E-state index in [2.05, 4.69) is 61.4 Å². The molecule has 4 fully saturated rings. The lowest BCUT2D eigenvalue weighted by Crippen LogP contribution is -2.54. The third-order valence-electron chi connectivity index (χ3n) is 14.6. The Morgan fingerprint density at radius 2 is 1.78 bits per heavy atom. The fourth-order valence-corrected chi connectivity index (χ4v) is 11.8. The molecule has 1 aromatic rings. The predicted octanol–water partition coefficient (Wildman–Crippen LogP) is 7.35. The lowest BCUT2D eigenvalue weighted by molar-refractivity contribution is -0.122. The Morgan fingerprint density at radius 3 is 2.61 bits per heavy atom. The van der Waals surface area contributed by atoms with Crippen molar-refractivity contribution in [1.29, 1.82) is 0 Å². The number of hydrogen-bond donors (Lipinski definition) is 2. The monoisotopic (exact) mass is 697 g/mol. The first kappa shape index (κ1) is 36.6. The zero-order valence-corrected chi connectivity index (χ0v) is 31.8. The van der Waals surface area contributed by atoms with Crippen molar-refractivity contribution in [2.24, 2.45) is 35.0 Å². The van der Waals surface area contributed by atoms with E-state index in [4.69, 9.17) is 4.74 Å². The number of aryl methyl sites for hydroxylation is 1. The number of unbranched alkanes of at least 4 members (excludes halogenated alkanes) is 2. The van der Waals surface area contributed by atoms with Gasteiger partial charge < -0.3 is 15.4 Å². The van der Waals surface area contributed by atoms with Gasteiger partial charge in [-0.25, -0.2) is 0 Å². The summed E-state index contributed by atoms with van der Waals surface area (Å²) >= 11 is 0. The van der Waals surface area contributed by atoms with Crippen LogP contribution in [-0.2, 0) is 25.5 Å². The van der Waals surface area contributed by atoms with Gasteiger partial charge in [0.1, 0.15) is 5.78 Å². The maximum absolute atomic E-state index is 12.8. The van der Waals surface area contributed by atoms with Gasteiger partial charge in [-0.05, 0) is 105 Å². The van der Waals surface area contributed by atoms with Crippen molar-refractivity contribution in [1.82, 2.24) is 15.5 Å². The Balaban J connectivity index is 0.881. The van der Waals surface area contributed by atoms with Gasteiger partial charge in [-0.2, -0.15) is 0 Å². The van der Waals surface area contributed by atoms with Crippen LogP contribution < -0.4 is 10.6 Å². The first-order chi connectivity index (χ1) is 24.6. The number of ketones is 1. The molecule has 2 N–H and O–H groups in total. The summed E-state index contributed by atoms with van der Waals surface area (Å²) in [6.45, 7) is 13.0. The van der Waals surface area contributed by atoms with Crippen molar-refractivity contribution in [3.8, 4) is 0 Å². The molecule has 2 saturated heterocycles. The highest BCUT2D eigenvalue weighted by Gasteiger charge is 2.61. The van der Waals surface area contributed by atoms with Crippen molar-refractivity contribution in [2.75, 3.05) is 26.2 Å². The van der Waals surface area contributed by atoms with Gasteiger partial charge in [-0.1, -0.05) is 74.7 Å². The van der Waals surface area contributed by atoms with Crippen LogP contribution in [0.4, 0.5) is 0 Å². The van der Waals surface area contributed by atoms with Gasteiger partial charge in [0.25, 0.3) is 0 Å². The quantitative estimate of drug-likeness (QED) is 0.176. The smallest absolute Gasteiger partial charge is 0.220 e. The highest BCUT2D eigenvalue weighted by molar-refractivity contribution is 5.82. The average molecular weight is 698 g/mol. The highest BCUT2D eigenvalue weighted by atomic mass is 16.5. The molecule has 6 aliphatic rings. The van der Waals surface area contributed by atoms with Gasteiger partial charge in [0, 0.05) is 63.8 Å². The Labute approximate surface area is 306 Å². The number of likely N-dealkylation sites (tertiary alicyclic amines) is 1. The van der Waals surface area contributed by atoms with Crippen LogP contribution in [0.1, 0.15) is 117 Å². The number of amides is 2. The molecule has 2 aliphatic heterocycles. The van der Waals surface area contributed by atoms with Crippen molar-refractivity contribution in [3.63, 3.8) is 0 Å². The summed E-state index contributed by atoms with van der Waals surface area (Å²) in [4.78, 5) is 40.0. The zero-order chi connectivity index (χ0) is 35.8. The molecule has 0 bridgehead atoms. The summed E-state index contributed by atoms with van der Waals surface area (Å²) in [6, 6.07) is 10.5. The number of rotatable bonds is 12. The molecule has 0 unspecified atom stereocenters. The summed E-state index contributed by atoms with van der Waals surface area (Å²) < 4.78 is 7.32. The second kappa shape index (κ2) is 15.3.